The summed E-state index contributed by atoms with van der Waals surface area (Å²) >= 11 is 1.33. The minimum absolute atomic E-state index is 0.125. The van der Waals surface area contributed by atoms with Gasteiger partial charge in [-0.05, 0) is 18.9 Å². The number of aromatic nitrogens is 4. The van der Waals surface area contributed by atoms with Crippen LogP contribution >= 0.6 is 11.3 Å². The van der Waals surface area contributed by atoms with E-state index in [0.717, 1.165) is 34.8 Å². The molecule has 4 heterocycles. The fourth-order valence-corrected chi connectivity index (χ4v) is 6.65. The quantitative estimate of drug-likeness (QED) is 0.440. The molecule has 1 fully saturated rings. The predicted molar refractivity (Wildman–Crippen MR) is 131 cm³/mol. The van der Waals surface area contributed by atoms with Gasteiger partial charge in [0.25, 0.3) is 5.91 Å². The number of anilines is 1. The minimum Gasteiger partial charge on any atom is -0.345 e. The molecule has 11 heteroatoms. The summed E-state index contributed by atoms with van der Waals surface area (Å²) in [4.78, 5) is 23.2. The molecule has 0 atom stereocenters. The SMILES string of the molecule is Cn1cc(S(=O)(=O)N2CCCC2)cc1C(=O)Nc1nc(-c2ccccc2)c(-c2nccn2C)s1. The minimum atomic E-state index is -3.61. The van der Waals surface area contributed by atoms with E-state index in [4.69, 9.17) is 0 Å². The molecule has 1 aliphatic rings. The van der Waals surface area contributed by atoms with Crippen molar-refractivity contribution in [3.05, 3.63) is 60.7 Å². The lowest BCUT2D eigenvalue weighted by atomic mass is 10.1. The monoisotopic (exact) mass is 496 g/mol. The number of amides is 1. The normalized spacial score (nSPS) is 14.5. The highest BCUT2D eigenvalue weighted by atomic mass is 32.2. The first-order chi connectivity index (χ1) is 16.3. The molecule has 0 spiro atoms. The van der Waals surface area contributed by atoms with E-state index in [1.54, 1.807) is 13.2 Å². The second-order valence-electron chi connectivity index (χ2n) is 8.16. The van der Waals surface area contributed by atoms with Gasteiger partial charge in [-0.3, -0.25) is 10.1 Å². The molecule has 3 aromatic heterocycles. The Bertz CT molecular complexity index is 1450. The average Bonchev–Trinajstić information content (AvgIpc) is 3.61. The molecule has 0 saturated carbocycles. The molecule has 1 aliphatic heterocycles. The zero-order valence-corrected chi connectivity index (χ0v) is 20.4. The summed E-state index contributed by atoms with van der Waals surface area (Å²) < 4.78 is 30.7. The number of rotatable bonds is 6. The first-order valence-electron chi connectivity index (χ1n) is 10.9. The van der Waals surface area contributed by atoms with E-state index in [9.17, 15) is 13.2 Å². The smallest absolute Gasteiger partial charge is 0.274 e. The molecule has 1 aromatic carbocycles. The molecule has 5 rings (SSSR count). The lowest BCUT2D eigenvalue weighted by Gasteiger charge is -2.13. The number of hydrogen-bond acceptors (Lipinski definition) is 6. The Hall–Kier alpha value is -3.28. The highest BCUT2D eigenvalue weighted by Gasteiger charge is 2.30. The van der Waals surface area contributed by atoms with Gasteiger partial charge in [-0.15, -0.1) is 0 Å². The second-order valence-corrected chi connectivity index (χ2v) is 11.1. The number of benzene rings is 1. The fraction of sp³-hybridized carbons (Fsp3) is 0.261. The van der Waals surface area contributed by atoms with E-state index in [0.29, 0.717) is 18.2 Å². The van der Waals surface area contributed by atoms with Crippen molar-refractivity contribution < 1.29 is 13.2 Å². The Kier molecular flexibility index (Phi) is 5.84. The number of aryl methyl sites for hydroxylation is 2. The van der Waals surface area contributed by atoms with Crippen LogP contribution in [-0.4, -0.2) is 50.8 Å². The van der Waals surface area contributed by atoms with E-state index < -0.39 is 15.9 Å². The van der Waals surface area contributed by atoms with Crippen LogP contribution in [0.25, 0.3) is 22.0 Å². The van der Waals surface area contributed by atoms with Crippen LogP contribution in [0.5, 0.6) is 0 Å². The number of imidazole rings is 1. The summed E-state index contributed by atoms with van der Waals surface area (Å²) in [5, 5.41) is 3.26. The molecule has 0 bridgehead atoms. The lowest BCUT2D eigenvalue weighted by molar-refractivity contribution is 0.101. The molecular weight excluding hydrogens is 472 g/mol. The van der Waals surface area contributed by atoms with Gasteiger partial charge < -0.3 is 9.13 Å². The number of hydrogen-bond donors (Lipinski definition) is 1. The molecule has 34 heavy (non-hydrogen) atoms. The van der Waals surface area contributed by atoms with Gasteiger partial charge in [-0.1, -0.05) is 41.7 Å². The standard InChI is InChI=1S/C23H24N6O3S2/c1-27-13-10-24-21(27)20-19(16-8-4-3-5-9-16)25-23(33-20)26-22(30)18-14-17(15-28(18)2)34(31,32)29-11-6-7-12-29/h3-5,8-10,13-15H,6-7,11-12H2,1-2H3,(H,25,26,30). The number of thiazole rings is 1. The number of nitrogens with zero attached hydrogens (tertiary/aromatic N) is 5. The summed E-state index contributed by atoms with van der Waals surface area (Å²) in [7, 11) is -0.0460. The van der Waals surface area contributed by atoms with Crippen molar-refractivity contribution in [2.75, 3.05) is 18.4 Å². The molecule has 176 valence electrons. The largest absolute Gasteiger partial charge is 0.345 e. The molecule has 0 aliphatic carbocycles. The molecule has 1 N–H and O–H groups in total. The van der Waals surface area contributed by atoms with Crippen LogP contribution in [-0.2, 0) is 24.1 Å². The first kappa shape index (κ1) is 22.5. The summed E-state index contributed by atoms with van der Waals surface area (Å²) in [5.41, 5.74) is 1.88. The summed E-state index contributed by atoms with van der Waals surface area (Å²) in [6.45, 7) is 1.02. The highest BCUT2D eigenvalue weighted by Crippen LogP contribution is 2.38. The zero-order valence-electron chi connectivity index (χ0n) is 18.8. The number of sulfonamides is 1. The van der Waals surface area contributed by atoms with E-state index in [1.165, 1.54) is 32.5 Å². The van der Waals surface area contributed by atoms with Gasteiger partial charge in [-0.25, -0.2) is 18.4 Å². The van der Waals surface area contributed by atoms with Crippen molar-refractivity contribution in [3.63, 3.8) is 0 Å². The van der Waals surface area contributed by atoms with Crippen LogP contribution in [0.3, 0.4) is 0 Å². The maximum absolute atomic E-state index is 13.1. The Morgan fingerprint density at radius 1 is 1.09 bits per heavy atom. The predicted octanol–water partition coefficient (Wildman–Crippen LogP) is 3.59. The van der Waals surface area contributed by atoms with Crippen molar-refractivity contribution in [1.82, 2.24) is 23.4 Å². The van der Waals surface area contributed by atoms with Crippen molar-refractivity contribution >= 4 is 32.4 Å². The topological polar surface area (TPSA) is 102 Å². The Balaban J connectivity index is 1.46. The van der Waals surface area contributed by atoms with Crippen LogP contribution in [0.15, 0.2) is 59.9 Å². The highest BCUT2D eigenvalue weighted by molar-refractivity contribution is 7.89. The van der Waals surface area contributed by atoms with Gasteiger partial charge in [-0.2, -0.15) is 4.31 Å². The molecule has 1 saturated heterocycles. The number of carbonyl (C=O) groups excluding carboxylic acids is 1. The summed E-state index contributed by atoms with van der Waals surface area (Å²) in [6, 6.07) is 11.1. The Labute approximate surface area is 201 Å². The van der Waals surface area contributed by atoms with Crippen LogP contribution in [0.1, 0.15) is 23.3 Å². The van der Waals surface area contributed by atoms with Gasteiger partial charge in [0.1, 0.15) is 10.6 Å². The van der Waals surface area contributed by atoms with E-state index >= 15 is 0 Å². The van der Waals surface area contributed by atoms with Crippen LogP contribution in [0, 0.1) is 0 Å². The first-order valence-corrected chi connectivity index (χ1v) is 13.1. The lowest BCUT2D eigenvalue weighted by Crippen LogP contribution is -2.27. The van der Waals surface area contributed by atoms with Crippen LogP contribution in [0.2, 0.25) is 0 Å². The molecule has 9 nitrogen and oxygen atoms in total. The number of carbonyl (C=O) groups is 1. The van der Waals surface area contributed by atoms with Gasteiger partial charge in [0.05, 0.1) is 10.6 Å². The van der Waals surface area contributed by atoms with E-state index in [1.807, 2.05) is 48.1 Å². The van der Waals surface area contributed by atoms with Crippen molar-refractivity contribution in [1.29, 1.82) is 0 Å². The van der Waals surface area contributed by atoms with Crippen LogP contribution in [0.4, 0.5) is 5.13 Å². The van der Waals surface area contributed by atoms with Gasteiger partial charge in [0.15, 0.2) is 11.0 Å². The molecule has 4 aromatic rings. The molecule has 0 unspecified atom stereocenters. The third-order valence-electron chi connectivity index (χ3n) is 5.83. The van der Waals surface area contributed by atoms with Gasteiger partial charge in [0, 0.05) is 51.3 Å². The summed E-state index contributed by atoms with van der Waals surface area (Å²) in [5.74, 6) is 0.319. The molecule has 0 radical (unpaired) electrons. The van der Waals surface area contributed by atoms with Gasteiger partial charge in [0.2, 0.25) is 10.0 Å². The number of nitrogens with one attached hydrogen (secondary N) is 1. The van der Waals surface area contributed by atoms with E-state index in [2.05, 4.69) is 15.3 Å². The zero-order chi connectivity index (χ0) is 23.9. The maximum Gasteiger partial charge on any atom is 0.274 e. The Morgan fingerprint density at radius 3 is 2.50 bits per heavy atom. The molecular formula is C23H24N6O3S2. The average molecular weight is 497 g/mol. The van der Waals surface area contributed by atoms with Crippen molar-refractivity contribution in [3.8, 4) is 22.0 Å². The van der Waals surface area contributed by atoms with Crippen LogP contribution < -0.4 is 5.32 Å². The maximum atomic E-state index is 13.1. The second kappa shape index (κ2) is 8.82. The van der Waals surface area contributed by atoms with E-state index in [-0.39, 0.29) is 10.6 Å². The Morgan fingerprint density at radius 2 is 1.82 bits per heavy atom. The van der Waals surface area contributed by atoms with Gasteiger partial charge >= 0.3 is 0 Å². The molecule has 1 amide bonds. The van der Waals surface area contributed by atoms with Crippen molar-refractivity contribution in [2.45, 2.75) is 17.7 Å². The summed E-state index contributed by atoms with van der Waals surface area (Å²) in [6.07, 6.45) is 6.76. The third kappa shape index (κ3) is 4.06. The third-order valence-corrected chi connectivity index (χ3v) is 8.67. The van der Waals surface area contributed by atoms with Crippen molar-refractivity contribution in [2.24, 2.45) is 14.1 Å². The fourth-order valence-electron chi connectivity index (χ4n) is 4.04.